The number of hydrogen-bond acceptors (Lipinski definition) is 4. The summed E-state index contributed by atoms with van der Waals surface area (Å²) in [5.41, 5.74) is 5.13. The number of nitrogens with zero attached hydrogens (tertiary/aromatic N) is 4. The summed E-state index contributed by atoms with van der Waals surface area (Å²) >= 11 is 0. The number of aromatic amines is 1. The quantitative estimate of drug-likeness (QED) is 0.660. The van der Waals surface area contributed by atoms with Crippen molar-refractivity contribution in [1.82, 2.24) is 15.0 Å². The number of hydrogen-bond donors (Lipinski definition) is 1. The Morgan fingerprint density at radius 1 is 1.38 bits per heavy atom. The number of anilines is 1. The van der Waals surface area contributed by atoms with Crippen LogP contribution in [0, 0.1) is 6.57 Å². The smallest absolute Gasteiger partial charge is 0.414 e. The van der Waals surface area contributed by atoms with Crippen LogP contribution in [0.5, 0.6) is 0 Å². The molecule has 0 bridgehead atoms. The van der Waals surface area contributed by atoms with Crippen molar-refractivity contribution in [3.05, 3.63) is 58.8 Å². The first kappa shape index (κ1) is 17.7. The molecular formula is C22H21N5O2. The van der Waals surface area contributed by atoms with Crippen molar-refractivity contribution in [1.29, 1.82) is 0 Å². The summed E-state index contributed by atoms with van der Waals surface area (Å²) in [5, 5.41) is 0. The van der Waals surface area contributed by atoms with Gasteiger partial charge in [-0.1, -0.05) is 19.1 Å². The number of carbonyl (C=O) groups is 1. The predicted molar refractivity (Wildman–Crippen MR) is 109 cm³/mol. The molecule has 1 aliphatic carbocycles. The minimum absolute atomic E-state index is 0.0414. The second kappa shape index (κ2) is 6.89. The Morgan fingerprint density at radius 3 is 3.03 bits per heavy atom. The number of carbonyl (C=O) groups excluding carboxylic acids is 1. The lowest BCUT2D eigenvalue weighted by molar-refractivity contribution is 0.146. The van der Waals surface area contributed by atoms with Gasteiger partial charge in [0.15, 0.2) is 5.65 Å². The van der Waals surface area contributed by atoms with Crippen molar-refractivity contribution < 1.29 is 9.53 Å². The van der Waals surface area contributed by atoms with Crippen LogP contribution < -0.4 is 4.90 Å². The zero-order chi connectivity index (χ0) is 20.0. The summed E-state index contributed by atoms with van der Waals surface area (Å²) in [6.07, 6.45) is 5.25. The number of pyridine rings is 1. The number of rotatable bonds is 3. The highest BCUT2D eigenvalue weighted by atomic mass is 16.6. The average molecular weight is 387 g/mol. The predicted octanol–water partition coefficient (Wildman–Crippen LogP) is 4.71. The summed E-state index contributed by atoms with van der Waals surface area (Å²) in [7, 11) is 0. The fourth-order valence-corrected chi connectivity index (χ4v) is 3.80. The van der Waals surface area contributed by atoms with E-state index in [2.05, 4.69) is 38.9 Å². The number of aryl methyl sites for hydroxylation is 1. The van der Waals surface area contributed by atoms with Gasteiger partial charge in [0.2, 0.25) is 5.69 Å². The van der Waals surface area contributed by atoms with Crippen molar-refractivity contribution in [2.75, 3.05) is 11.4 Å². The second-order valence-corrected chi connectivity index (χ2v) is 7.75. The van der Waals surface area contributed by atoms with E-state index < -0.39 is 0 Å². The third-order valence-electron chi connectivity index (χ3n) is 5.62. The summed E-state index contributed by atoms with van der Waals surface area (Å²) in [4.78, 5) is 29.8. The van der Waals surface area contributed by atoms with Crippen LogP contribution in [0.15, 0.2) is 30.5 Å². The molecule has 0 unspecified atom stereocenters. The highest BCUT2D eigenvalue weighted by Gasteiger charge is 2.31. The highest BCUT2D eigenvalue weighted by Crippen LogP contribution is 2.34. The molecule has 0 saturated heterocycles. The van der Waals surface area contributed by atoms with Crippen molar-refractivity contribution in [2.45, 2.75) is 44.6 Å². The second-order valence-electron chi connectivity index (χ2n) is 7.75. The van der Waals surface area contributed by atoms with Crippen molar-refractivity contribution >= 4 is 28.6 Å². The molecule has 29 heavy (non-hydrogen) atoms. The Hall–Kier alpha value is -3.40. The summed E-state index contributed by atoms with van der Waals surface area (Å²) in [6, 6.07) is 8.01. The van der Waals surface area contributed by atoms with E-state index in [1.807, 2.05) is 6.07 Å². The minimum Gasteiger partial charge on any atom is -0.446 e. The van der Waals surface area contributed by atoms with Crippen LogP contribution in [0.25, 0.3) is 16.0 Å². The average Bonchev–Trinajstić information content (AvgIpc) is 3.46. The van der Waals surface area contributed by atoms with Crippen molar-refractivity contribution in [2.24, 2.45) is 0 Å². The fraction of sp³-hybridized carbons (Fsp3) is 0.364. The van der Waals surface area contributed by atoms with E-state index in [1.165, 1.54) is 0 Å². The molecule has 1 aliphatic heterocycles. The van der Waals surface area contributed by atoms with Gasteiger partial charge in [0.25, 0.3) is 0 Å². The summed E-state index contributed by atoms with van der Waals surface area (Å²) in [5.74, 6) is 0.857. The molecule has 1 aromatic carbocycles. The summed E-state index contributed by atoms with van der Waals surface area (Å²) < 4.78 is 5.50. The van der Waals surface area contributed by atoms with E-state index in [1.54, 1.807) is 17.2 Å². The molecule has 1 saturated carbocycles. The molecule has 3 aromatic rings. The number of ether oxygens (including phenoxy) is 1. The number of benzene rings is 1. The molecule has 146 valence electrons. The largest absolute Gasteiger partial charge is 0.446 e. The Balaban J connectivity index is 1.43. The van der Waals surface area contributed by atoms with Crippen LogP contribution in [-0.2, 0) is 11.2 Å². The molecule has 5 rings (SSSR count). The minimum atomic E-state index is -0.229. The zero-order valence-corrected chi connectivity index (χ0v) is 16.2. The van der Waals surface area contributed by atoms with Crippen LogP contribution in [0.2, 0.25) is 0 Å². The fourth-order valence-electron chi connectivity index (χ4n) is 3.80. The molecule has 1 amide bonds. The number of fused-ring (bicyclic) bond motifs is 2. The monoisotopic (exact) mass is 387 g/mol. The number of aromatic nitrogens is 3. The number of amides is 1. The van der Waals surface area contributed by atoms with Gasteiger partial charge in [-0.2, -0.15) is 0 Å². The maximum absolute atomic E-state index is 12.5. The number of imidazole rings is 1. The SMILES string of the molecule is [C-]#[N+]c1cnc2nc([C@@H](C)c3ccc4c(c3)CCCN4C(=O)OC3CC3)[nH]c2c1. The van der Waals surface area contributed by atoms with Gasteiger partial charge >= 0.3 is 6.09 Å². The van der Waals surface area contributed by atoms with Crippen molar-refractivity contribution in [3.63, 3.8) is 0 Å². The van der Waals surface area contributed by atoms with E-state index >= 15 is 0 Å². The van der Waals surface area contributed by atoms with E-state index in [9.17, 15) is 4.79 Å². The maximum Gasteiger partial charge on any atom is 0.414 e. The Morgan fingerprint density at radius 2 is 2.24 bits per heavy atom. The molecule has 1 fully saturated rings. The molecule has 7 heteroatoms. The first-order chi connectivity index (χ1) is 14.1. The lowest BCUT2D eigenvalue weighted by Crippen LogP contribution is -2.36. The molecule has 0 spiro atoms. The lowest BCUT2D eigenvalue weighted by Gasteiger charge is -2.29. The van der Waals surface area contributed by atoms with E-state index in [4.69, 9.17) is 11.3 Å². The molecule has 1 N–H and O–H groups in total. The molecule has 1 atom stereocenters. The van der Waals surface area contributed by atoms with Gasteiger partial charge in [0.1, 0.15) is 11.9 Å². The van der Waals surface area contributed by atoms with Gasteiger partial charge in [0.05, 0.1) is 17.8 Å². The molecule has 0 radical (unpaired) electrons. The summed E-state index contributed by atoms with van der Waals surface area (Å²) in [6.45, 7) is 9.93. The van der Waals surface area contributed by atoms with Crippen LogP contribution in [-0.4, -0.2) is 33.7 Å². The Labute approximate surface area is 168 Å². The van der Waals surface area contributed by atoms with E-state index in [-0.39, 0.29) is 18.1 Å². The van der Waals surface area contributed by atoms with Crippen LogP contribution in [0.1, 0.15) is 49.1 Å². The first-order valence-electron chi connectivity index (χ1n) is 9.96. The van der Waals surface area contributed by atoms with E-state index in [0.717, 1.165) is 53.8 Å². The first-order valence-corrected chi connectivity index (χ1v) is 9.96. The number of nitrogens with one attached hydrogen (secondary N) is 1. The highest BCUT2D eigenvalue weighted by molar-refractivity contribution is 5.89. The van der Waals surface area contributed by atoms with Crippen LogP contribution in [0.3, 0.4) is 0 Å². The van der Waals surface area contributed by atoms with Gasteiger partial charge in [-0.3, -0.25) is 4.90 Å². The van der Waals surface area contributed by atoms with Gasteiger partial charge in [-0.25, -0.2) is 19.6 Å². The molecule has 2 aromatic heterocycles. The van der Waals surface area contributed by atoms with Crippen LogP contribution in [0.4, 0.5) is 16.2 Å². The van der Waals surface area contributed by atoms with E-state index in [0.29, 0.717) is 17.9 Å². The molecule has 7 nitrogen and oxygen atoms in total. The molecular weight excluding hydrogens is 366 g/mol. The standard InChI is InChI=1S/C22H21N5O2/c1-13(20-25-18-11-16(23-2)12-24-21(18)26-20)14-5-8-19-15(10-14)4-3-9-27(19)22(28)29-17-6-7-17/h5,8,10-13,17H,3-4,6-7,9H2,1H3,(H,24,25,26)/t13-/m0/s1. The maximum atomic E-state index is 12.5. The third-order valence-corrected chi connectivity index (χ3v) is 5.62. The Kier molecular flexibility index (Phi) is 4.20. The number of H-pyrrole nitrogens is 1. The normalized spacial score (nSPS) is 16.9. The van der Waals surface area contributed by atoms with Gasteiger partial charge < -0.3 is 9.72 Å². The van der Waals surface area contributed by atoms with Crippen LogP contribution >= 0.6 is 0 Å². The van der Waals surface area contributed by atoms with Crippen molar-refractivity contribution in [3.8, 4) is 0 Å². The zero-order valence-electron chi connectivity index (χ0n) is 16.2. The van der Waals surface area contributed by atoms with Gasteiger partial charge in [-0.05, 0) is 48.9 Å². The third kappa shape index (κ3) is 3.31. The molecule has 3 heterocycles. The van der Waals surface area contributed by atoms with Gasteiger partial charge in [-0.15, -0.1) is 0 Å². The topological polar surface area (TPSA) is 75.5 Å². The van der Waals surface area contributed by atoms with Gasteiger partial charge in [0, 0.05) is 18.7 Å². The lowest BCUT2D eigenvalue weighted by atomic mass is 9.93. The Bertz CT molecular complexity index is 1140. The molecule has 2 aliphatic rings.